The zero-order valence-electron chi connectivity index (χ0n) is 18.8. The Kier molecular flexibility index (Phi) is 7.62. The van der Waals surface area contributed by atoms with Gasteiger partial charge in [-0.25, -0.2) is 0 Å². The number of tetrazole rings is 1. The molecule has 0 radical (unpaired) electrons. The van der Waals surface area contributed by atoms with E-state index in [0.717, 1.165) is 34.1 Å². The normalized spacial score (nSPS) is 16.3. The lowest BCUT2D eigenvalue weighted by atomic mass is 10.1. The standard InChI is InChI=1S/C23H24N6O3S3/c30-20(15-29-26-22(25-27-29)19-8-4-12-35-19)28(14-17-6-2-10-33-17)21(18-7-3-11-34-18)23(31)24-13-16-5-1-9-32-16/h2-4,6-8,10-12,16,21H,1,5,9,13-15H2,(H,24,31)/t16-,21-/m0/s1. The molecule has 5 rings (SSSR count). The minimum Gasteiger partial charge on any atom is -0.376 e. The summed E-state index contributed by atoms with van der Waals surface area (Å²) in [5.41, 5.74) is 0. The van der Waals surface area contributed by atoms with E-state index in [1.165, 1.54) is 27.5 Å². The van der Waals surface area contributed by atoms with Crippen LogP contribution in [0.1, 0.15) is 28.6 Å². The van der Waals surface area contributed by atoms with Crippen molar-refractivity contribution >= 4 is 45.8 Å². The van der Waals surface area contributed by atoms with Gasteiger partial charge in [-0.2, -0.15) is 4.80 Å². The van der Waals surface area contributed by atoms with Crippen LogP contribution in [0.5, 0.6) is 0 Å². The van der Waals surface area contributed by atoms with Gasteiger partial charge in [0.15, 0.2) is 0 Å². The number of thiophene rings is 3. The average molecular weight is 529 g/mol. The summed E-state index contributed by atoms with van der Waals surface area (Å²) in [7, 11) is 0. The van der Waals surface area contributed by atoms with Crippen molar-refractivity contribution in [3.8, 4) is 10.7 Å². The number of amides is 2. The third-order valence-electron chi connectivity index (χ3n) is 5.60. The van der Waals surface area contributed by atoms with Gasteiger partial charge < -0.3 is 15.0 Å². The number of ether oxygens (including phenoxy) is 1. The quantitative estimate of drug-likeness (QED) is 0.338. The van der Waals surface area contributed by atoms with Gasteiger partial charge in [0.05, 0.1) is 17.5 Å². The molecule has 1 N–H and O–H groups in total. The maximum absolute atomic E-state index is 13.6. The highest BCUT2D eigenvalue weighted by atomic mass is 32.1. The van der Waals surface area contributed by atoms with Crippen molar-refractivity contribution in [3.05, 3.63) is 62.3 Å². The van der Waals surface area contributed by atoms with Gasteiger partial charge in [-0.1, -0.05) is 18.2 Å². The number of nitrogens with one attached hydrogen (secondary N) is 1. The van der Waals surface area contributed by atoms with Crippen molar-refractivity contribution in [2.24, 2.45) is 0 Å². The molecule has 0 saturated carbocycles. The molecule has 1 saturated heterocycles. The van der Waals surface area contributed by atoms with Crippen LogP contribution >= 0.6 is 34.0 Å². The molecule has 9 nitrogen and oxygen atoms in total. The molecule has 0 spiro atoms. The first-order chi connectivity index (χ1) is 17.2. The molecule has 2 amide bonds. The Morgan fingerprint density at radius 2 is 1.97 bits per heavy atom. The van der Waals surface area contributed by atoms with Crippen molar-refractivity contribution in [1.29, 1.82) is 0 Å². The molecule has 0 unspecified atom stereocenters. The van der Waals surface area contributed by atoms with E-state index in [9.17, 15) is 9.59 Å². The Hall–Kier alpha value is -2.93. The smallest absolute Gasteiger partial charge is 0.248 e. The third-order valence-corrected chi connectivity index (χ3v) is 8.25. The van der Waals surface area contributed by atoms with Crippen molar-refractivity contribution in [2.45, 2.75) is 38.1 Å². The molecule has 12 heteroatoms. The van der Waals surface area contributed by atoms with Gasteiger partial charge in [0, 0.05) is 22.9 Å². The molecule has 1 aliphatic heterocycles. The number of hydrogen-bond acceptors (Lipinski definition) is 9. The van der Waals surface area contributed by atoms with Crippen LogP contribution in [0, 0.1) is 0 Å². The van der Waals surface area contributed by atoms with E-state index in [4.69, 9.17) is 4.74 Å². The fourth-order valence-corrected chi connectivity index (χ4v) is 6.09. The molecule has 5 heterocycles. The molecule has 0 aliphatic carbocycles. The van der Waals surface area contributed by atoms with E-state index < -0.39 is 6.04 Å². The summed E-state index contributed by atoms with van der Waals surface area (Å²) >= 11 is 4.51. The average Bonchev–Trinajstić information content (AvgIpc) is 3.69. The van der Waals surface area contributed by atoms with Crippen LogP contribution in [-0.4, -0.2) is 56.2 Å². The largest absolute Gasteiger partial charge is 0.376 e. The van der Waals surface area contributed by atoms with Crippen LogP contribution in [0.25, 0.3) is 10.7 Å². The lowest BCUT2D eigenvalue weighted by Crippen LogP contribution is -2.45. The third kappa shape index (κ3) is 5.84. The monoisotopic (exact) mass is 528 g/mol. The second-order valence-corrected chi connectivity index (χ2v) is 11.0. The lowest BCUT2D eigenvalue weighted by Gasteiger charge is -2.30. The fraction of sp³-hybridized carbons (Fsp3) is 0.348. The lowest BCUT2D eigenvalue weighted by molar-refractivity contribution is -0.142. The Morgan fingerprint density at radius 3 is 2.69 bits per heavy atom. The second-order valence-electron chi connectivity index (χ2n) is 8.02. The van der Waals surface area contributed by atoms with E-state index in [2.05, 4.69) is 20.7 Å². The van der Waals surface area contributed by atoms with Crippen molar-refractivity contribution in [1.82, 2.24) is 30.4 Å². The maximum Gasteiger partial charge on any atom is 0.248 e. The molecule has 0 bridgehead atoms. The van der Waals surface area contributed by atoms with Gasteiger partial charge in [-0.15, -0.1) is 44.2 Å². The van der Waals surface area contributed by atoms with E-state index in [-0.39, 0.29) is 24.5 Å². The van der Waals surface area contributed by atoms with Gasteiger partial charge >= 0.3 is 0 Å². The molecular weight excluding hydrogens is 504 g/mol. The highest BCUT2D eigenvalue weighted by Gasteiger charge is 2.33. The summed E-state index contributed by atoms with van der Waals surface area (Å²) in [6, 6.07) is 10.7. The van der Waals surface area contributed by atoms with Crippen LogP contribution < -0.4 is 5.32 Å². The molecule has 4 aromatic heterocycles. The minimum atomic E-state index is -0.772. The minimum absolute atomic E-state index is 0.0133. The first-order valence-electron chi connectivity index (χ1n) is 11.2. The molecule has 2 atom stereocenters. The predicted octanol–water partition coefficient (Wildman–Crippen LogP) is 3.59. The predicted molar refractivity (Wildman–Crippen MR) is 135 cm³/mol. The molecule has 1 fully saturated rings. The van der Waals surface area contributed by atoms with Crippen LogP contribution in [-0.2, 0) is 27.4 Å². The van der Waals surface area contributed by atoms with Crippen LogP contribution in [0.15, 0.2) is 52.5 Å². The second kappa shape index (κ2) is 11.2. The van der Waals surface area contributed by atoms with E-state index in [1.54, 1.807) is 16.2 Å². The zero-order chi connectivity index (χ0) is 24.0. The van der Waals surface area contributed by atoms with Crippen molar-refractivity contribution < 1.29 is 14.3 Å². The Balaban J connectivity index is 1.38. The number of carbonyl (C=O) groups is 2. The molecule has 0 aromatic carbocycles. The Morgan fingerprint density at radius 1 is 1.14 bits per heavy atom. The molecule has 1 aliphatic rings. The zero-order valence-corrected chi connectivity index (χ0v) is 21.2. The SMILES string of the molecule is O=C(NC[C@@H]1CCCO1)[C@H](c1cccs1)N(Cc1cccs1)C(=O)Cn1nnc(-c2cccs2)n1. The Labute approximate surface area is 214 Å². The summed E-state index contributed by atoms with van der Waals surface area (Å²) in [6.07, 6.45) is 1.93. The number of hydrogen-bond donors (Lipinski definition) is 1. The summed E-state index contributed by atoms with van der Waals surface area (Å²) in [6.45, 7) is 1.33. The van der Waals surface area contributed by atoms with E-state index in [1.807, 2.05) is 52.5 Å². The summed E-state index contributed by atoms with van der Waals surface area (Å²) in [4.78, 5) is 32.7. The van der Waals surface area contributed by atoms with Gasteiger partial charge in [-0.3, -0.25) is 9.59 Å². The first-order valence-corrected chi connectivity index (χ1v) is 13.9. The topological polar surface area (TPSA) is 102 Å². The maximum atomic E-state index is 13.6. The van der Waals surface area contributed by atoms with Crippen LogP contribution in [0.3, 0.4) is 0 Å². The number of rotatable bonds is 10. The van der Waals surface area contributed by atoms with Gasteiger partial charge in [0.25, 0.3) is 0 Å². The number of carbonyl (C=O) groups excluding carboxylic acids is 2. The molecular formula is C23H24N6O3S3. The summed E-state index contributed by atoms with van der Waals surface area (Å²) < 4.78 is 5.66. The van der Waals surface area contributed by atoms with E-state index >= 15 is 0 Å². The molecule has 182 valence electrons. The van der Waals surface area contributed by atoms with Crippen LogP contribution in [0.2, 0.25) is 0 Å². The first kappa shape index (κ1) is 23.8. The van der Waals surface area contributed by atoms with Crippen molar-refractivity contribution in [3.63, 3.8) is 0 Å². The molecule has 35 heavy (non-hydrogen) atoms. The van der Waals surface area contributed by atoms with E-state index in [0.29, 0.717) is 18.9 Å². The van der Waals surface area contributed by atoms with Crippen molar-refractivity contribution in [2.75, 3.05) is 13.2 Å². The molecule has 4 aromatic rings. The summed E-state index contributed by atoms with van der Waals surface area (Å²) in [5.74, 6) is -0.0143. The van der Waals surface area contributed by atoms with Gasteiger partial charge in [0.2, 0.25) is 17.6 Å². The van der Waals surface area contributed by atoms with Gasteiger partial charge in [0.1, 0.15) is 12.6 Å². The van der Waals surface area contributed by atoms with Crippen LogP contribution in [0.4, 0.5) is 0 Å². The Bertz CT molecular complexity index is 1220. The van der Waals surface area contributed by atoms with Gasteiger partial charge in [-0.05, 0) is 52.4 Å². The summed E-state index contributed by atoms with van der Waals surface area (Å²) in [5, 5.41) is 21.4. The number of nitrogens with zero attached hydrogens (tertiary/aromatic N) is 5. The number of aromatic nitrogens is 4. The fourth-order valence-electron chi connectivity index (χ4n) is 3.91. The highest BCUT2D eigenvalue weighted by molar-refractivity contribution is 7.13. The highest BCUT2D eigenvalue weighted by Crippen LogP contribution is 2.29.